The summed E-state index contributed by atoms with van der Waals surface area (Å²) in [4.78, 5) is 16.2. The maximum atomic E-state index is 12.6. The fourth-order valence-electron chi connectivity index (χ4n) is 3.29. The average Bonchev–Trinajstić information content (AvgIpc) is 2.68. The number of hydrogen-bond acceptors (Lipinski definition) is 4. The van der Waals surface area contributed by atoms with Crippen molar-refractivity contribution in [1.82, 2.24) is 0 Å². The zero-order valence-electron chi connectivity index (χ0n) is 15.2. The summed E-state index contributed by atoms with van der Waals surface area (Å²) in [6, 6.07) is 14.6. The minimum atomic E-state index is -0.122. The van der Waals surface area contributed by atoms with Crippen LogP contribution in [-0.4, -0.2) is 50.3 Å². The molecule has 0 aliphatic carbocycles. The smallest absolute Gasteiger partial charge is 0.282 e. The zero-order valence-corrected chi connectivity index (χ0v) is 15.2. The molecule has 6 nitrogen and oxygen atoms in total. The van der Waals surface area contributed by atoms with Crippen LogP contribution in [0.15, 0.2) is 48.5 Å². The number of benzene rings is 2. The second-order valence-electron chi connectivity index (χ2n) is 6.60. The second kappa shape index (κ2) is 8.10. The van der Waals surface area contributed by atoms with Gasteiger partial charge in [0.1, 0.15) is 11.5 Å². The summed E-state index contributed by atoms with van der Waals surface area (Å²) in [6.07, 6.45) is 0. The van der Waals surface area contributed by atoms with Crippen molar-refractivity contribution in [2.24, 2.45) is 0 Å². The predicted octanol–water partition coefficient (Wildman–Crippen LogP) is 1.13. The molecule has 0 unspecified atom stereocenters. The van der Waals surface area contributed by atoms with Crippen molar-refractivity contribution >= 4 is 17.3 Å². The molecule has 26 heavy (non-hydrogen) atoms. The third kappa shape index (κ3) is 4.26. The predicted molar refractivity (Wildman–Crippen MR) is 102 cm³/mol. The number of carbonyl (C=O) groups excluding carboxylic acids is 1. The van der Waals surface area contributed by atoms with Gasteiger partial charge in [0, 0.05) is 17.4 Å². The van der Waals surface area contributed by atoms with Crippen LogP contribution in [0.2, 0.25) is 0 Å². The number of carbonyl (C=O) groups is 1. The molecule has 1 aliphatic rings. The minimum absolute atomic E-state index is 0.0198. The van der Waals surface area contributed by atoms with E-state index in [1.165, 1.54) is 4.90 Å². The van der Waals surface area contributed by atoms with Gasteiger partial charge in [-0.2, -0.15) is 0 Å². The summed E-state index contributed by atoms with van der Waals surface area (Å²) < 4.78 is 5.20. The number of phenolic OH excluding ortho intramolecular Hbond substituents is 1. The first-order valence-corrected chi connectivity index (χ1v) is 8.90. The maximum Gasteiger partial charge on any atom is 0.282 e. The Morgan fingerprint density at radius 1 is 1.19 bits per heavy atom. The van der Waals surface area contributed by atoms with Crippen LogP contribution in [0, 0.1) is 0 Å². The van der Waals surface area contributed by atoms with Gasteiger partial charge in [-0.3, -0.25) is 4.79 Å². The highest BCUT2D eigenvalue weighted by atomic mass is 16.5. The lowest BCUT2D eigenvalue weighted by atomic mass is 10.2. The molecule has 138 valence electrons. The van der Waals surface area contributed by atoms with E-state index in [1.54, 1.807) is 19.2 Å². The van der Waals surface area contributed by atoms with Gasteiger partial charge in [0.05, 0.1) is 33.3 Å². The van der Waals surface area contributed by atoms with Gasteiger partial charge < -0.3 is 25.0 Å². The second-order valence-corrected chi connectivity index (χ2v) is 6.60. The Balaban J connectivity index is 1.54. The van der Waals surface area contributed by atoms with Crippen LogP contribution in [-0.2, 0) is 4.79 Å². The fourth-order valence-corrected chi connectivity index (χ4v) is 3.29. The SMILES string of the molecule is COc1cccc(NC(=O)[C@H](C)[NH+]2CCN(c3ccc(O)cc3)CC2)c1. The standard InChI is InChI=1S/C20H25N3O3/c1-15(20(25)21-16-4-3-5-19(14-16)26-2)22-10-12-23(13-11-22)17-6-8-18(24)9-7-17/h3-9,14-15,24H,10-13H2,1-2H3,(H,21,25)/p+1/t15-/m0/s1. The number of nitrogens with one attached hydrogen (secondary N) is 2. The lowest BCUT2D eigenvalue weighted by Gasteiger charge is -2.36. The number of ether oxygens (including phenoxy) is 1. The molecule has 1 saturated heterocycles. The summed E-state index contributed by atoms with van der Waals surface area (Å²) >= 11 is 0. The first kappa shape index (κ1) is 18.1. The molecule has 0 aromatic heterocycles. The molecule has 3 rings (SSSR count). The molecule has 6 heteroatoms. The molecule has 2 aromatic carbocycles. The molecular weight excluding hydrogens is 330 g/mol. The number of nitrogens with zero attached hydrogens (tertiary/aromatic N) is 1. The van der Waals surface area contributed by atoms with Crippen LogP contribution in [0.25, 0.3) is 0 Å². The number of anilines is 2. The molecule has 0 saturated carbocycles. The first-order valence-electron chi connectivity index (χ1n) is 8.90. The Bertz CT molecular complexity index is 740. The summed E-state index contributed by atoms with van der Waals surface area (Å²) in [6.45, 7) is 5.54. The number of phenols is 1. The van der Waals surface area contributed by atoms with Crippen LogP contribution in [0.1, 0.15) is 6.92 Å². The van der Waals surface area contributed by atoms with Crippen LogP contribution >= 0.6 is 0 Å². The van der Waals surface area contributed by atoms with E-state index in [1.807, 2.05) is 43.3 Å². The molecule has 1 amide bonds. The third-order valence-corrected chi connectivity index (χ3v) is 4.96. The molecule has 2 aromatic rings. The normalized spacial score (nSPS) is 16.2. The molecule has 1 aliphatic heterocycles. The van der Waals surface area contributed by atoms with Crippen molar-refractivity contribution < 1.29 is 19.5 Å². The molecule has 3 N–H and O–H groups in total. The van der Waals surface area contributed by atoms with Gasteiger partial charge in [-0.1, -0.05) is 6.07 Å². The van der Waals surface area contributed by atoms with Crippen LogP contribution in [0.5, 0.6) is 11.5 Å². The molecule has 0 spiro atoms. The Morgan fingerprint density at radius 3 is 2.54 bits per heavy atom. The molecule has 0 radical (unpaired) electrons. The van der Waals surface area contributed by atoms with Gasteiger partial charge in [0.25, 0.3) is 5.91 Å². The maximum absolute atomic E-state index is 12.6. The number of amides is 1. The van der Waals surface area contributed by atoms with E-state index in [0.29, 0.717) is 0 Å². The summed E-state index contributed by atoms with van der Waals surface area (Å²) in [5.41, 5.74) is 1.86. The lowest BCUT2D eigenvalue weighted by molar-refractivity contribution is -0.914. The Morgan fingerprint density at radius 2 is 1.88 bits per heavy atom. The van der Waals surface area contributed by atoms with E-state index >= 15 is 0 Å². The van der Waals surface area contributed by atoms with E-state index < -0.39 is 0 Å². The van der Waals surface area contributed by atoms with Crippen LogP contribution in [0.4, 0.5) is 11.4 Å². The lowest BCUT2D eigenvalue weighted by Crippen LogP contribution is -3.19. The van der Waals surface area contributed by atoms with Gasteiger partial charge in [-0.05, 0) is 43.3 Å². The number of aromatic hydroxyl groups is 1. The van der Waals surface area contributed by atoms with E-state index in [4.69, 9.17) is 4.74 Å². The van der Waals surface area contributed by atoms with E-state index in [9.17, 15) is 9.90 Å². The highest BCUT2D eigenvalue weighted by Gasteiger charge is 2.29. The van der Waals surface area contributed by atoms with Gasteiger partial charge in [-0.15, -0.1) is 0 Å². The van der Waals surface area contributed by atoms with Crippen molar-refractivity contribution in [1.29, 1.82) is 0 Å². The van der Waals surface area contributed by atoms with E-state index in [-0.39, 0.29) is 17.7 Å². The number of rotatable bonds is 5. The largest absolute Gasteiger partial charge is 0.508 e. The fraction of sp³-hybridized carbons (Fsp3) is 0.350. The number of methoxy groups -OCH3 is 1. The van der Waals surface area contributed by atoms with Crippen molar-refractivity contribution in [3.8, 4) is 11.5 Å². The van der Waals surface area contributed by atoms with Crippen LogP contribution in [0.3, 0.4) is 0 Å². The first-order chi connectivity index (χ1) is 12.6. The van der Waals surface area contributed by atoms with Crippen molar-refractivity contribution in [3.05, 3.63) is 48.5 Å². The topological polar surface area (TPSA) is 66.2 Å². The average molecular weight is 356 g/mol. The molecule has 0 bridgehead atoms. The Hall–Kier alpha value is -2.73. The van der Waals surface area contributed by atoms with E-state index in [0.717, 1.165) is 43.3 Å². The van der Waals surface area contributed by atoms with Gasteiger partial charge in [-0.25, -0.2) is 0 Å². The summed E-state index contributed by atoms with van der Waals surface area (Å²) in [5, 5.41) is 12.4. The Kier molecular flexibility index (Phi) is 5.63. The highest BCUT2D eigenvalue weighted by molar-refractivity contribution is 5.93. The van der Waals surface area contributed by atoms with Gasteiger partial charge in [0.15, 0.2) is 6.04 Å². The van der Waals surface area contributed by atoms with Gasteiger partial charge >= 0.3 is 0 Å². The molecular formula is C20H26N3O3+. The minimum Gasteiger partial charge on any atom is -0.508 e. The van der Waals surface area contributed by atoms with Crippen LogP contribution < -0.4 is 19.9 Å². The zero-order chi connectivity index (χ0) is 18.5. The quantitative estimate of drug-likeness (QED) is 0.752. The number of quaternary nitrogens is 1. The van der Waals surface area contributed by atoms with Gasteiger partial charge in [0.2, 0.25) is 0 Å². The summed E-state index contributed by atoms with van der Waals surface area (Å²) in [5.74, 6) is 1.03. The number of hydrogen-bond donors (Lipinski definition) is 3. The van der Waals surface area contributed by atoms with Crippen molar-refractivity contribution in [2.45, 2.75) is 13.0 Å². The van der Waals surface area contributed by atoms with Crippen molar-refractivity contribution in [2.75, 3.05) is 43.5 Å². The molecule has 1 fully saturated rings. The monoisotopic (exact) mass is 356 g/mol. The molecule has 1 atom stereocenters. The van der Waals surface area contributed by atoms with E-state index in [2.05, 4.69) is 10.2 Å². The third-order valence-electron chi connectivity index (χ3n) is 4.96. The number of piperazine rings is 1. The highest BCUT2D eigenvalue weighted by Crippen LogP contribution is 2.18. The van der Waals surface area contributed by atoms with Crippen molar-refractivity contribution in [3.63, 3.8) is 0 Å². The molecule has 1 heterocycles. The Labute approximate surface area is 154 Å². The summed E-state index contributed by atoms with van der Waals surface area (Å²) in [7, 11) is 1.61.